The molecule has 0 spiro atoms. The highest BCUT2D eigenvalue weighted by atomic mass is 16.3. The van der Waals surface area contributed by atoms with Gasteiger partial charge in [-0.1, -0.05) is 30.2 Å². The number of amides is 2. The van der Waals surface area contributed by atoms with Crippen molar-refractivity contribution in [3.05, 3.63) is 64.6 Å². The summed E-state index contributed by atoms with van der Waals surface area (Å²) >= 11 is 0. The van der Waals surface area contributed by atoms with Crippen molar-refractivity contribution in [3.63, 3.8) is 0 Å². The number of phenolic OH excluding ortho intramolecular Hbond substituents is 1. The van der Waals surface area contributed by atoms with Gasteiger partial charge >= 0.3 is 0 Å². The molecular weight excluding hydrogens is 586 g/mol. The number of hydrogen-bond acceptors (Lipinski definition) is 8. The van der Waals surface area contributed by atoms with E-state index >= 15 is 0 Å². The number of ketones is 2. The number of rotatable bonds is 21. The molecule has 252 valence electrons. The van der Waals surface area contributed by atoms with Crippen LogP contribution in [0.5, 0.6) is 5.75 Å². The smallest absolute Gasteiger partial charge is 0.224 e. The monoisotopic (exact) mass is 648 g/mol. The van der Waals surface area contributed by atoms with Gasteiger partial charge in [0, 0.05) is 39.4 Å². The van der Waals surface area contributed by atoms with Gasteiger partial charge in [0.25, 0.3) is 0 Å². The summed E-state index contributed by atoms with van der Waals surface area (Å²) in [5.41, 5.74) is 28.5. The largest absolute Gasteiger partial charge is 0.508 e. The molecule has 0 aliphatic carbocycles. The summed E-state index contributed by atoms with van der Waals surface area (Å²) in [5, 5.41) is 12.5. The van der Waals surface area contributed by atoms with E-state index in [0.29, 0.717) is 23.1 Å². The van der Waals surface area contributed by atoms with Gasteiger partial charge < -0.3 is 39.1 Å². The second kappa shape index (κ2) is 19.3. The molecular formula is C34H51N7O5. The molecule has 46 heavy (non-hydrogen) atoms. The fraction of sp³-hybridized carbons (Fsp3) is 0.500. The first-order chi connectivity index (χ1) is 26.1. The Balaban J connectivity index is 2.66. The quantitative estimate of drug-likeness (QED) is 0.0587. The van der Waals surface area contributed by atoms with Crippen LogP contribution in [-0.2, 0) is 32.0 Å². The normalized spacial score (nSPS) is 18.0. The second-order valence-corrected chi connectivity index (χ2v) is 10.8. The van der Waals surface area contributed by atoms with Gasteiger partial charge in [-0.25, -0.2) is 0 Å². The lowest BCUT2D eigenvalue weighted by Gasteiger charge is -2.25. The number of nitrogens with two attached hydrogens (primary N) is 5. The number of Topliss-reactive ketones (excluding diaryl/α,β-unsaturated/α-hetero) is 2. The van der Waals surface area contributed by atoms with E-state index in [-0.39, 0.29) is 31.1 Å². The van der Waals surface area contributed by atoms with Gasteiger partial charge in [-0.3, -0.25) is 24.2 Å². The Morgan fingerprint density at radius 1 is 0.957 bits per heavy atom. The van der Waals surface area contributed by atoms with Crippen molar-refractivity contribution in [1.29, 1.82) is 0 Å². The minimum atomic E-state index is -3.20. The van der Waals surface area contributed by atoms with E-state index in [0.717, 1.165) is 0 Å². The summed E-state index contributed by atoms with van der Waals surface area (Å²) in [6.07, 6.45) is -11.5. The molecule has 2 amide bonds. The van der Waals surface area contributed by atoms with Crippen molar-refractivity contribution in [1.82, 2.24) is 5.32 Å². The number of carbonyl (C=O) groups excluding carboxylic acids is 4. The lowest BCUT2D eigenvalue weighted by Crippen LogP contribution is -2.46. The molecule has 0 radical (unpaired) electrons. The average molecular weight is 649 g/mol. The first-order valence-corrected chi connectivity index (χ1v) is 14.6. The highest BCUT2D eigenvalue weighted by molar-refractivity contribution is 5.94. The topological polar surface area (TPSA) is 243 Å². The Morgan fingerprint density at radius 2 is 1.59 bits per heavy atom. The van der Waals surface area contributed by atoms with Crippen LogP contribution in [0.2, 0.25) is 0 Å². The third kappa shape index (κ3) is 13.0. The number of phenols is 1. The van der Waals surface area contributed by atoms with Gasteiger partial charge in [-0.2, -0.15) is 0 Å². The van der Waals surface area contributed by atoms with E-state index in [9.17, 15) is 24.3 Å². The van der Waals surface area contributed by atoms with Crippen LogP contribution in [-0.4, -0.2) is 59.6 Å². The molecule has 2 rings (SSSR count). The van der Waals surface area contributed by atoms with Crippen molar-refractivity contribution in [2.45, 2.75) is 83.6 Å². The van der Waals surface area contributed by atoms with E-state index in [4.69, 9.17) is 43.7 Å². The lowest BCUT2D eigenvalue weighted by atomic mass is 9.86. The number of carbonyl (C=O) groups is 4. The van der Waals surface area contributed by atoms with Gasteiger partial charge in [-0.15, -0.1) is 0 Å². The van der Waals surface area contributed by atoms with E-state index in [2.05, 4.69) is 10.3 Å². The fourth-order valence-electron chi connectivity index (χ4n) is 4.71. The van der Waals surface area contributed by atoms with Crippen molar-refractivity contribution in [2.75, 3.05) is 13.1 Å². The number of aliphatic imine (C=N–C) groups is 1. The molecule has 0 unspecified atom stereocenters. The Hall–Kier alpha value is -4.29. The molecule has 12 nitrogen and oxygen atoms in total. The molecule has 4 atom stereocenters. The number of aryl methyl sites for hydroxylation is 2. The Labute approximate surface area is 287 Å². The Kier molecular flexibility index (Phi) is 10.0. The van der Waals surface area contributed by atoms with Gasteiger partial charge in [0.2, 0.25) is 11.8 Å². The molecule has 0 aliphatic rings. The van der Waals surface area contributed by atoms with Gasteiger partial charge in [0.15, 0.2) is 11.7 Å². The average Bonchev–Trinajstić information content (AvgIpc) is 3.10. The van der Waals surface area contributed by atoms with E-state index in [1.165, 1.54) is 12.1 Å². The Morgan fingerprint density at radius 3 is 2.17 bits per heavy atom. The number of nitrogens with one attached hydrogen (secondary N) is 1. The molecule has 0 aromatic heterocycles. The standard InChI is InChI=1S/C34H51N7O5/c1-21-15-26(42)16-22(2)27(21)18-25(20-30(43)28(36)11-8-14-40-34(38)39)33(46)41-29(12-6-7-13-35)31(44)19-24(32(37)45)17-23-9-4-3-5-10-23/h3-5,9-10,15-16,24-25,28-29,42H,6-8,11-14,17-20,35-36H2,1-2H3,(H2,37,45)(H,41,46)(H4,38,39,40)/t24-,25-,28-,29+/m1/s1/i3D,4D,5D,6D2,7D2,9D,10D,17D2. The zero-order valence-corrected chi connectivity index (χ0v) is 26.0. The third-order valence-corrected chi connectivity index (χ3v) is 7.14. The maximum absolute atomic E-state index is 14.2. The Bertz CT molecular complexity index is 1830. The van der Waals surface area contributed by atoms with Crippen LogP contribution < -0.4 is 34.0 Å². The summed E-state index contributed by atoms with van der Waals surface area (Å²) in [6.45, 7) is 2.60. The maximum atomic E-state index is 14.2. The summed E-state index contributed by atoms with van der Waals surface area (Å²) in [5.74, 6) is -8.08. The zero-order chi connectivity index (χ0) is 44.0. The van der Waals surface area contributed by atoms with Crippen LogP contribution in [0, 0.1) is 25.7 Å². The SMILES string of the molecule is [2H]c1c([2H])c([2H])c(C([2H])([2H])[C@H](CC(=O)[C@H](CC([2H])([2H])C([2H])([2H])CN)NC(=O)[C@@H](CC(=O)[C@H](N)CCCN=C(N)N)Cc2c(C)cc(O)cc2C)C(N)=O)c([2H])c1[2H]. The zero-order valence-electron chi connectivity index (χ0n) is 37.0. The van der Waals surface area contributed by atoms with Gasteiger partial charge in [0.05, 0.1) is 18.9 Å². The number of benzene rings is 2. The van der Waals surface area contributed by atoms with Crippen molar-refractivity contribution < 1.29 is 39.4 Å². The van der Waals surface area contributed by atoms with E-state index in [1.54, 1.807) is 13.8 Å². The highest BCUT2D eigenvalue weighted by Gasteiger charge is 2.31. The van der Waals surface area contributed by atoms with Crippen LogP contribution in [0.1, 0.15) is 82.2 Å². The number of primary amides is 1. The molecule has 2 aromatic rings. The van der Waals surface area contributed by atoms with Crippen molar-refractivity contribution in [2.24, 2.45) is 45.5 Å². The van der Waals surface area contributed by atoms with Crippen LogP contribution in [0.4, 0.5) is 0 Å². The second-order valence-electron chi connectivity index (χ2n) is 10.8. The van der Waals surface area contributed by atoms with Crippen molar-refractivity contribution in [3.8, 4) is 5.75 Å². The van der Waals surface area contributed by atoms with Gasteiger partial charge in [0.1, 0.15) is 11.5 Å². The molecule has 0 fully saturated rings. The predicted molar refractivity (Wildman–Crippen MR) is 180 cm³/mol. The minimum Gasteiger partial charge on any atom is -0.508 e. The molecule has 0 saturated carbocycles. The highest BCUT2D eigenvalue weighted by Crippen LogP contribution is 2.26. The number of guanidine groups is 1. The molecule has 2 aromatic carbocycles. The molecule has 0 heterocycles. The molecule has 0 aliphatic heterocycles. The van der Waals surface area contributed by atoms with E-state index < -0.39 is 128 Å². The van der Waals surface area contributed by atoms with Crippen LogP contribution >= 0.6 is 0 Å². The predicted octanol–water partition coefficient (Wildman–Crippen LogP) is 1.43. The minimum absolute atomic E-state index is 0.0665. The molecule has 12 heteroatoms. The van der Waals surface area contributed by atoms with Crippen LogP contribution in [0.15, 0.2) is 47.3 Å². The van der Waals surface area contributed by atoms with Gasteiger partial charge in [-0.05, 0) is 99.6 Å². The number of aromatic hydroxyl groups is 1. The summed E-state index contributed by atoms with van der Waals surface area (Å²) in [6, 6.07) is -4.98. The van der Waals surface area contributed by atoms with Crippen molar-refractivity contribution >= 4 is 29.3 Å². The maximum Gasteiger partial charge on any atom is 0.224 e. The van der Waals surface area contributed by atoms with E-state index in [1.807, 2.05) is 0 Å². The van der Waals surface area contributed by atoms with Crippen LogP contribution in [0.25, 0.3) is 0 Å². The fourth-order valence-corrected chi connectivity index (χ4v) is 4.71. The number of hydrogen-bond donors (Lipinski definition) is 7. The molecule has 12 N–H and O–H groups in total. The summed E-state index contributed by atoms with van der Waals surface area (Å²) < 4.78 is 91.1. The molecule has 0 bridgehead atoms. The van der Waals surface area contributed by atoms with Crippen LogP contribution in [0.3, 0.4) is 0 Å². The summed E-state index contributed by atoms with van der Waals surface area (Å²) in [4.78, 5) is 58.4. The molecule has 0 saturated heterocycles. The first kappa shape index (κ1) is 24.0. The third-order valence-electron chi connectivity index (χ3n) is 7.14. The lowest BCUT2D eigenvalue weighted by molar-refractivity contribution is -0.133. The number of nitrogens with zero attached hydrogens (tertiary/aromatic N) is 1. The summed E-state index contributed by atoms with van der Waals surface area (Å²) in [7, 11) is 0. The first-order valence-electron chi connectivity index (χ1n) is 20.1.